The summed E-state index contributed by atoms with van der Waals surface area (Å²) in [6, 6.07) is -1.23. The minimum Gasteiger partial charge on any atom is -0.464 e. The molecule has 0 aromatic heterocycles. The maximum Gasteiger partial charge on any atom is 0.329 e. The molecular weight excluding hydrogens is 1130 g/mol. The molecule has 0 radical (unpaired) electrons. The summed E-state index contributed by atoms with van der Waals surface area (Å²) in [5.41, 5.74) is -0.340. The number of amides is 1. The highest BCUT2D eigenvalue weighted by atomic mass is 32.2. The number of esters is 4. The Kier molecular flexibility index (Phi) is 30.8. The predicted molar refractivity (Wildman–Crippen MR) is 325 cm³/mol. The Labute approximate surface area is 513 Å². The van der Waals surface area contributed by atoms with Crippen LogP contribution >= 0.6 is 23.5 Å². The van der Waals surface area contributed by atoms with Crippen LogP contribution in [0.2, 0.25) is 0 Å². The van der Waals surface area contributed by atoms with Crippen LogP contribution in [-0.2, 0) is 76.3 Å². The molecule has 3 heterocycles. The van der Waals surface area contributed by atoms with Crippen molar-refractivity contribution in [2.45, 2.75) is 201 Å². The van der Waals surface area contributed by atoms with Crippen molar-refractivity contribution in [3.63, 3.8) is 0 Å². The van der Waals surface area contributed by atoms with Gasteiger partial charge in [-0.15, -0.1) is 0 Å². The average molecular weight is 1230 g/mol. The summed E-state index contributed by atoms with van der Waals surface area (Å²) >= 11 is 2.73. The van der Waals surface area contributed by atoms with Crippen molar-refractivity contribution >= 4 is 70.7 Å². The third-order valence-electron chi connectivity index (χ3n) is 17.2. The number of Topliss-reactive ketones (excluding diaryl/α,β-unsaturated/α-hetero) is 3. The zero-order chi connectivity index (χ0) is 63.2. The van der Waals surface area contributed by atoms with E-state index in [0.29, 0.717) is 74.9 Å². The van der Waals surface area contributed by atoms with Crippen molar-refractivity contribution in [2.24, 2.45) is 40.9 Å². The number of rotatable bonds is 18. The Bertz CT molecular complexity index is 2350. The van der Waals surface area contributed by atoms with Crippen molar-refractivity contribution in [1.82, 2.24) is 4.90 Å². The Morgan fingerprint density at radius 3 is 2.08 bits per heavy atom. The van der Waals surface area contributed by atoms with E-state index in [4.69, 9.17) is 37.9 Å². The lowest BCUT2D eigenvalue weighted by molar-refractivity contribution is -0.265. The second kappa shape index (κ2) is 35.7. The second-order valence-electron chi connectivity index (χ2n) is 24.1. The first-order valence-corrected chi connectivity index (χ1v) is 32.7. The number of carbonyl (C=O) groups excluding carboxylic acids is 8. The topological polar surface area (TPSA) is 254 Å². The number of methoxy groups -OCH3 is 3. The van der Waals surface area contributed by atoms with Gasteiger partial charge in [-0.1, -0.05) is 84.9 Å². The van der Waals surface area contributed by atoms with Crippen molar-refractivity contribution in [3.05, 3.63) is 47.6 Å². The molecule has 3 aliphatic heterocycles. The molecule has 0 aromatic rings. The molecule has 2 N–H and O–H groups in total. The largest absolute Gasteiger partial charge is 0.464 e. The lowest BCUT2D eigenvalue weighted by atomic mass is 9.78. The van der Waals surface area contributed by atoms with Crippen LogP contribution < -0.4 is 0 Å². The number of thioether (sulfide) groups is 2. The van der Waals surface area contributed by atoms with E-state index in [1.807, 2.05) is 65.0 Å². The van der Waals surface area contributed by atoms with E-state index in [1.165, 1.54) is 44.7 Å². The SMILES string of the molecule is CCSCC(=O)OCC(C)(COC(=O)CSCC)C(=O)O[C@@H]1CC[C@@H](C[C@H](C)[C@@H]2CC(=O)[C@H](C)/C=C(\C)[C@@H](O)[C@@H](OC)C(=O)[C@H](C)C[C@H](C)/C=C/C=C/C=C(\C)[C@@H](OC)C[C@@H]3CC[C@@H](C)[C@@](O)(O3)C(=O)C(=O)N3CCCC[C@H]3C(=O)O2)C[C@H]1OC. The summed E-state index contributed by atoms with van der Waals surface area (Å²) in [6.45, 7) is 17.1. The van der Waals surface area contributed by atoms with Gasteiger partial charge in [-0.3, -0.25) is 33.6 Å². The number of ketones is 3. The number of ether oxygens (including phenoxy) is 8. The highest BCUT2D eigenvalue weighted by Crippen LogP contribution is 2.39. The van der Waals surface area contributed by atoms with E-state index < -0.39 is 119 Å². The number of hydrogen-bond acceptors (Lipinski definition) is 20. The van der Waals surface area contributed by atoms with E-state index in [-0.39, 0.29) is 73.9 Å². The van der Waals surface area contributed by atoms with E-state index in [1.54, 1.807) is 40.9 Å². The monoisotopic (exact) mass is 1230 g/mol. The first kappa shape index (κ1) is 73.3. The van der Waals surface area contributed by atoms with Crippen LogP contribution in [0.3, 0.4) is 0 Å². The highest BCUT2D eigenvalue weighted by molar-refractivity contribution is 8.00. The number of piperidine rings is 1. The van der Waals surface area contributed by atoms with Gasteiger partial charge in [0, 0.05) is 58.5 Å². The summed E-state index contributed by atoms with van der Waals surface area (Å²) < 4.78 is 47.1. The average Bonchev–Trinajstić information content (AvgIpc) is 2.70. The minimum absolute atomic E-state index is 0.0210. The predicted octanol–water partition coefficient (Wildman–Crippen LogP) is 8.33. The molecule has 1 amide bonds. The third kappa shape index (κ3) is 21.5. The Balaban J connectivity index is 1.66. The molecular formula is C64H99NO18S2. The number of nitrogens with zero attached hydrogens (tertiary/aromatic N) is 1. The van der Waals surface area contributed by atoms with Gasteiger partial charge >= 0.3 is 23.9 Å². The zero-order valence-corrected chi connectivity index (χ0v) is 54.3. The number of fused-ring (bicyclic) bond motifs is 3. The van der Waals surface area contributed by atoms with Crippen molar-refractivity contribution in [2.75, 3.05) is 64.1 Å². The van der Waals surface area contributed by atoms with Crippen LogP contribution in [0.4, 0.5) is 0 Å². The third-order valence-corrected chi connectivity index (χ3v) is 18.9. The fourth-order valence-corrected chi connectivity index (χ4v) is 12.5. The number of cyclic esters (lactones) is 1. The first-order valence-electron chi connectivity index (χ1n) is 30.4. The molecule has 3 fully saturated rings. The van der Waals surface area contributed by atoms with E-state index in [2.05, 4.69) is 0 Å². The lowest BCUT2D eigenvalue weighted by Crippen LogP contribution is -2.61. The molecule has 15 atom stereocenters. The van der Waals surface area contributed by atoms with Gasteiger partial charge in [0.1, 0.15) is 54.9 Å². The summed E-state index contributed by atoms with van der Waals surface area (Å²) in [5, 5.41) is 23.7. The minimum atomic E-state index is -2.49. The summed E-state index contributed by atoms with van der Waals surface area (Å²) in [7, 11) is 4.43. The van der Waals surface area contributed by atoms with Gasteiger partial charge in [-0.2, -0.15) is 23.5 Å². The van der Waals surface area contributed by atoms with Crippen LogP contribution in [0.15, 0.2) is 47.6 Å². The molecule has 21 heteroatoms. The molecule has 2 saturated heterocycles. The summed E-state index contributed by atoms with van der Waals surface area (Å²) in [6.07, 6.45) is 9.17. The van der Waals surface area contributed by atoms with E-state index in [0.717, 1.165) is 10.5 Å². The quantitative estimate of drug-likeness (QED) is 0.0566. The van der Waals surface area contributed by atoms with Gasteiger partial charge in [0.25, 0.3) is 11.7 Å². The fourth-order valence-electron chi connectivity index (χ4n) is 11.6. The van der Waals surface area contributed by atoms with Crippen molar-refractivity contribution in [1.29, 1.82) is 0 Å². The maximum atomic E-state index is 14.7. The molecule has 4 rings (SSSR count). The molecule has 1 saturated carbocycles. The van der Waals surface area contributed by atoms with Gasteiger partial charge < -0.3 is 53.0 Å². The van der Waals surface area contributed by atoms with Crippen LogP contribution in [0.1, 0.15) is 146 Å². The second-order valence-corrected chi connectivity index (χ2v) is 26.7. The van der Waals surface area contributed by atoms with Gasteiger partial charge in [0.05, 0.1) is 29.8 Å². The fraction of sp³-hybridized carbons (Fsp3) is 0.750. The zero-order valence-electron chi connectivity index (χ0n) is 52.7. The van der Waals surface area contributed by atoms with Gasteiger partial charge in [0.15, 0.2) is 5.78 Å². The normalized spacial score (nSPS) is 33.7. The standard InChI is InChI=1S/C64H99NO18S2/c1-14-84-35-54(67)79-37-63(10,38-80-55(68)36-85-15-2)62(74)82-50-27-25-46(32-53(50)77-12)31-42(6)52-34-49(66)41(5)30-44(8)57(70)58(78-13)56(69)43(7)29-39(3)21-17-16-18-22-40(4)51(76-11)33-47-26-24-45(9)64(75,83-47)59(71)60(72)65-28-20-19-23-48(65)61(73)81-52/h16-18,21-22,30,39,41-43,45-48,50-53,57-58,70,75H,14-15,19-20,23-29,31-38H2,1-13H3/b18-16+,21-17+,40-22+,44-30+/t39-,41-,42+,43-,45-,46+,47+,48+,50-,51+,52+,53-,57-,58+,64-/m1/s1. The summed E-state index contributed by atoms with van der Waals surface area (Å²) in [4.78, 5) is 112. The molecule has 0 aromatic carbocycles. The maximum absolute atomic E-state index is 14.7. The number of hydrogen-bond donors (Lipinski definition) is 2. The van der Waals surface area contributed by atoms with Gasteiger partial charge in [-0.25, -0.2) is 4.79 Å². The summed E-state index contributed by atoms with van der Waals surface area (Å²) in [5.74, 6) is -9.11. The molecule has 480 valence electrons. The molecule has 19 nitrogen and oxygen atoms in total. The first-order chi connectivity index (χ1) is 40.3. The highest BCUT2D eigenvalue weighted by Gasteiger charge is 2.53. The molecule has 1 aliphatic carbocycles. The molecule has 0 spiro atoms. The van der Waals surface area contributed by atoms with Crippen LogP contribution in [0.25, 0.3) is 0 Å². The molecule has 0 unspecified atom stereocenters. The number of aliphatic hydroxyl groups is 2. The number of aliphatic hydroxyl groups excluding tert-OH is 1. The Hall–Kier alpha value is -4.22. The smallest absolute Gasteiger partial charge is 0.329 e. The molecule has 85 heavy (non-hydrogen) atoms. The van der Waals surface area contributed by atoms with E-state index in [9.17, 15) is 48.6 Å². The van der Waals surface area contributed by atoms with Gasteiger partial charge in [0.2, 0.25) is 5.79 Å². The van der Waals surface area contributed by atoms with Crippen molar-refractivity contribution in [3.8, 4) is 0 Å². The van der Waals surface area contributed by atoms with Crippen LogP contribution in [-0.4, -0.2) is 181 Å². The van der Waals surface area contributed by atoms with Gasteiger partial charge in [-0.05, 0) is 125 Å². The Morgan fingerprint density at radius 1 is 0.812 bits per heavy atom. The molecule has 2 bridgehead atoms. The van der Waals surface area contributed by atoms with Crippen LogP contribution in [0.5, 0.6) is 0 Å². The van der Waals surface area contributed by atoms with Crippen molar-refractivity contribution < 1.29 is 86.5 Å². The number of carbonyl (C=O) groups is 8. The Morgan fingerprint density at radius 2 is 1.47 bits per heavy atom. The molecule has 4 aliphatic rings. The van der Waals surface area contributed by atoms with Crippen LogP contribution in [0, 0.1) is 40.9 Å². The number of allylic oxidation sites excluding steroid dienone is 6. The lowest BCUT2D eigenvalue weighted by Gasteiger charge is -2.42. The van der Waals surface area contributed by atoms with E-state index >= 15 is 0 Å².